The Hall–Kier alpha value is -1.37. The van der Waals surface area contributed by atoms with Crippen LogP contribution < -0.4 is 4.31 Å². The van der Waals surface area contributed by atoms with Crippen molar-refractivity contribution in [2.45, 2.75) is 30.6 Å². The summed E-state index contributed by atoms with van der Waals surface area (Å²) in [6, 6.07) is 9.24. The number of fused-ring (bicyclic) bond motifs is 1. The molecule has 1 unspecified atom stereocenters. The first kappa shape index (κ1) is 14.6. The van der Waals surface area contributed by atoms with Gasteiger partial charge in [0, 0.05) is 11.3 Å². The zero-order chi connectivity index (χ0) is 15.2. The average Bonchev–Trinajstić information content (AvgIpc) is 2.77. The summed E-state index contributed by atoms with van der Waals surface area (Å²) in [6.07, 6.45) is -0.180. The summed E-state index contributed by atoms with van der Waals surface area (Å²) in [5, 5.41) is 10.0. The van der Waals surface area contributed by atoms with Crippen molar-refractivity contribution in [3.63, 3.8) is 0 Å². The lowest BCUT2D eigenvalue weighted by molar-refractivity contribution is 0.180. The van der Waals surface area contributed by atoms with Crippen molar-refractivity contribution in [2.24, 2.45) is 0 Å². The smallest absolute Gasteiger partial charge is 0.274 e. The van der Waals surface area contributed by atoms with Crippen LogP contribution in [0.15, 0.2) is 34.5 Å². The fourth-order valence-corrected chi connectivity index (χ4v) is 6.04. The molecular formula is C15H17NO3S2. The zero-order valence-electron chi connectivity index (χ0n) is 11.9. The van der Waals surface area contributed by atoms with E-state index in [-0.39, 0.29) is 6.54 Å². The molecule has 21 heavy (non-hydrogen) atoms. The second kappa shape index (κ2) is 5.12. The highest BCUT2D eigenvalue weighted by molar-refractivity contribution is 7.94. The number of benzene rings is 1. The van der Waals surface area contributed by atoms with Gasteiger partial charge >= 0.3 is 0 Å². The van der Waals surface area contributed by atoms with Gasteiger partial charge < -0.3 is 5.11 Å². The molecule has 112 valence electrons. The molecule has 2 aromatic rings. The molecule has 0 aliphatic carbocycles. The SMILES string of the molecule is Cc1cc(C)c(S(=O)(=O)N2CC(O)Cc3ccccc32)s1. The van der Waals surface area contributed by atoms with Gasteiger partial charge in [-0.1, -0.05) is 18.2 Å². The molecule has 0 fully saturated rings. The third kappa shape index (κ3) is 2.47. The van der Waals surface area contributed by atoms with Crippen molar-refractivity contribution >= 4 is 27.0 Å². The molecule has 0 amide bonds. The third-order valence-corrected chi connectivity index (χ3v) is 7.16. The van der Waals surface area contributed by atoms with Gasteiger partial charge in [0.05, 0.1) is 18.3 Å². The van der Waals surface area contributed by atoms with E-state index in [9.17, 15) is 13.5 Å². The Bertz CT molecular complexity index is 780. The lowest BCUT2D eigenvalue weighted by Crippen LogP contribution is -2.42. The largest absolute Gasteiger partial charge is 0.391 e. The van der Waals surface area contributed by atoms with Crippen molar-refractivity contribution in [1.29, 1.82) is 0 Å². The maximum absolute atomic E-state index is 13.0. The number of sulfonamides is 1. The van der Waals surface area contributed by atoms with Crippen LogP contribution >= 0.6 is 11.3 Å². The van der Waals surface area contributed by atoms with Gasteiger partial charge in [-0.05, 0) is 37.1 Å². The number of aryl methyl sites for hydroxylation is 2. The standard InChI is InChI=1S/C15H17NO3S2/c1-10-7-11(2)20-15(10)21(18,19)16-9-13(17)8-12-5-3-4-6-14(12)16/h3-7,13,17H,8-9H2,1-2H3. The molecule has 3 rings (SSSR count). The maximum atomic E-state index is 13.0. The van der Waals surface area contributed by atoms with Gasteiger partial charge in [0.25, 0.3) is 10.0 Å². The Kier molecular flexibility index (Phi) is 3.55. The number of thiophene rings is 1. The first-order valence-corrected chi connectivity index (χ1v) is 9.01. The highest BCUT2D eigenvalue weighted by Gasteiger charge is 2.34. The number of β-amino-alcohol motifs (C(OH)–C–C–N with tert-alkyl or cyclic N) is 1. The second-order valence-corrected chi connectivity index (χ2v) is 8.66. The van der Waals surface area contributed by atoms with Crippen LogP contribution in [-0.4, -0.2) is 26.2 Å². The summed E-state index contributed by atoms with van der Waals surface area (Å²) in [7, 11) is -3.63. The third-order valence-electron chi connectivity index (χ3n) is 3.61. The van der Waals surface area contributed by atoms with Crippen LogP contribution in [-0.2, 0) is 16.4 Å². The van der Waals surface area contributed by atoms with Crippen molar-refractivity contribution in [2.75, 3.05) is 10.8 Å². The van der Waals surface area contributed by atoms with E-state index >= 15 is 0 Å². The number of para-hydroxylation sites is 1. The first-order chi connectivity index (χ1) is 9.89. The van der Waals surface area contributed by atoms with Gasteiger partial charge in [-0.25, -0.2) is 8.42 Å². The van der Waals surface area contributed by atoms with Crippen LogP contribution in [0.2, 0.25) is 0 Å². The number of aliphatic hydroxyl groups excluding tert-OH is 1. The fourth-order valence-electron chi connectivity index (χ4n) is 2.74. The molecule has 1 aliphatic heterocycles. The predicted octanol–water partition coefficient (Wildman–Crippen LogP) is 2.48. The molecule has 2 heterocycles. The van der Waals surface area contributed by atoms with Gasteiger partial charge in [0.15, 0.2) is 0 Å². The van der Waals surface area contributed by atoms with E-state index in [1.54, 1.807) is 6.07 Å². The number of nitrogens with zero attached hydrogens (tertiary/aromatic N) is 1. The quantitative estimate of drug-likeness (QED) is 0.924. The van der Waals surface area contributed by atoms with Crippen LogP contribution in [0.5, 0.6) is 0 Å². The van der Waals surface area contributed by atoms with Crippen LogP contribution in [0.1, 0.15) is 16.0 Å². The molecule has 1 N–H and O–H groups in total. The van der Waals surface area contributed by atoms with Crippen LogP contribution in [0.4, 0.5) is 5.69 Å². The second-order valence-electron chi connectivity index (χ2n) is 5.35. The lowest BCUT2D eigenvalue weighted by Gasteiger charge is -2.32. The minimum absolute atomic E-state index is 0.107. The van der Waals surface area contributed by atoms with Crippen molar-refractivity contribution in [1.82, 2.24) is 0 Å². The normalized spacial score (nSPS) is 18.6. The van der Waals surface area contributed by atoms with E-state index in [0.717, 1.165) is 16.0 Å². The summed E-state index contributed by atoms with van der Waals surface area (Å²) in [5.41, 5.74) is 2.30. The molecule has 4 nitrogen and oxygen atoms in total. The Labute approximate surface area is 128 Å². The van der Waals surface area contributed by atoms with E-state index in [4.69, 9.17) is 0 Å². The molecule has 0 radical (unpaired) electrons. The summed E-state index contributed by atoms with van der Waals surface area (Å²) >= 11 is 1.28. The van der Waals surface area contributed by atoms with Gasteiger partial charge in [-0.15, -0.1) is 11.3 Å². The molecule has 1 aromatic heterocycles. The minimum atomic E-state index is -3.63. The molecule has 0 bridgehead atoms. The van der Waals surface area contributed by atoms with Gasteiger partial charge in [-0.2, -0.15) is 0 Å². The molecule has 0 saturated heterocycles. The average molecular weight is 323 g/mol. The van der Waals surface area contributed by atoms with Crippen LogP contribution in [0.25, 0.3) is 0 Å². The summed E-state index contributed by atoms with van der Waals surface area (Å²) < 4.78 is 27.6. The van der Waals surface area contributed by atoms with E-state index in [1.165, 1.54) is 15.6 Å². The van der Waals surface area contributed by atoms with Crippen LogP contribution in [0.3, 0.4) is 0 Å². The number of hydrogen-bond acceptors (Lipinski definition) is 4. The molecule has 1 atom stereocenters. The van der Waals surface area contributed by atoms with Crippen molar-refractivity contribution in [3.05, 3.63) is 46.3 Å². The Morgan fingerprint density at radius 1 is 1.29 bits per heavy atom. The van der Waals surface area contributed by atoms with Crippen molar-refractivity contribution < 1.29 is 13.5 Å². The number of anilines is 1. The molecule has 1 aliphatic rings. The topological polar surface area (TPSA) is 57.6 Å². The summed E-state index contributed by atoms with van der Waals surface area (Å²) in [6.45, 7) is 3.81. The van der Waals surface area contributed by atoms with E-state index in [0.29, 0.717) is 16.3 Å². The molecule has 0 saturated carbocycles. The van der Waals surface area contributed by atoms with E-state index in [1.807, 2.05) is 38.1 Å². The van der Waals surface area contributed by atoms with Gasteiger partial charge in [0.1, 0.15) is 4.21 Å². The van der Waals surface area contributed by atoms with E-state index < -0.39 is 16.1 Å². The first-order valence-electron chi connectivity index (χ1n) is 6.75. The number of rotatable bonds is 2. The van der Waals surface area contributed by atoms with E-state index in [2.05, 4.69) is 0 Å². The zero-order valence-corrected chi connectivity index (χ0v) is 13.5. The highest BCUT2D eigenvalue weighted by Crippen LogP contribution is 2.35. The van der Waals surface area contributed by atoms with Crippen LogP contribution in [0, 0.1) is 13.8 Å². The van der Waals surface area contributed by atoms with Gasteiger partial charge in [0.2, 0.25) is 0 Å². The molecule has 6 heteroatoms. The lowest BCUT2D eigenvalue weighted by atomic mass is 10.0. The summed E-state index contributed by atoms with van der Waals surface area (Å²) in [4.78, 5) is 0.969. The predicted molar refractivity (Wildman–Crippen MR) is 84.5 cm³/mol. The Balaban J connectivity index is 2.14. The monoisotopic (exact) mass is 323 g/mol. The fraction of sp³-hybridized carbons (Fsp3) is 0.333. The highest BCUT2D eigenvalue weighted by atomic mass is 32.2. The number of aliphatic hydroxyl groups is 1. The molecular weight excluding hydrogens is 306 g/mol. The van der Waals surface area contributed by atoms with Crippen molar-refractivity contribution in [3.8, 4) is 0 Å². The maximum Gasteiger partial charge on any atom is 0.274 e. The Morgan fingerprint density at radius 2 is 2.00 bits per heavy atom. The Morgan fingerprint density at radius 3 is 2.67 bits per heavy atom. The molecule has 1 aromatic carbocycles. The molecule has 0 spiro atoms. The minimum Gasteiger partial charge on any atom is -0.391 e. The summed E-state index contributed by atoms with van der Waals surface area (Å²) in [5.74, 6) is 0. The number of hydrogen-bond donors (Lipinski definition) is 1. The van der Waals surface area contributed by atoms with Gasteiger partial charge in [-0.3, -0.25) is 4.31 Å².